The highest BCUT2D eigenvalue weighted by Crippen LogP contribution is 2.37. The van der Waals surface area contributed by atoms with Gasteiger partial charge >= 0.3 is 0 Å². The molecule has 0 fully saturated rings. The van der Waals surface area contributed by atoms with Gasteiger partial charge in [0, 0.05) is 23.4 Å². The van der Waals surface area contributed by atoms with Crippen LogP contribution in [0.2, 0.25) is 0 Å². The Bertz CT molecular complexity index is 1150. The first-order chi connectivity index (χ1) is 13.1. The first kappa shape index (κ1) is 17.4. The molecule has 2 aromatic carbocycles. The molecule has 0 radical (unpaired) electrons. The highest BCUT2D eigenvalue weighted by molar-refractivity contribution is 7.10. The Kier molecular flexibility index (Phi) is 4.49. The molecular formula is C21H18FN3OS. The van der Waals surface area contributed by atoms with Gasteiger partial charge in [0.1, 0.15) is 11.5 Å². The van der Waals surface area contributed by atoms with Crippen molar-refractivity contribution >= 4 is 40.1 Å². The number of allylic oxidation sites excluding steroid dienone is 1. The lowest BCUT2D eigenvalue weighted by molar-refractivity contribution is 0.416. The fourth-order valence-electron chi connectivity index (χ4n) is 3.08. The van der Waals surface area contributed by atoms with Crippen LogP contribution in [0.15, 0.2) is 58.5 Å². The van der Waals surface area contributed by atoms with Crippen molar-refractivity contribution in [2.45, 2.75) is 20.4 Å². The molecule has 4 rings (SSSR count). The SMILES string of the molecule is CCn1c(O)c(/C=C2/C(C)=Nc3ccccc32)sc1=Nc1ccccc1F. The van der Waals surface area contributed by atoms with Crippen molar-refractivity contribution < 1.29 is 9.50 Å². The Morgan fingerprint density at radius 3 is 2.70 bits per heavy atom. The number of rotatable bonds is 3. The monoisotopic (exact) mass is 379 g/mol. The van der Waals surface area contributed by atoms with Gasteiger partial charge in [0.25, 0.3) is 0 Å². The average molecular weight is 379 g/mol. The minimum Gasteiger partial charge on any atom is -0.493 e. The zero-order valence-corrected chi connectivity index (χ0v) is 15.8. The van der Waals surface area contributed by atoms with E-state index in [4.69, 9.17) is 0 Å². The molecular weight excluding hydrogens is 361 g/mol. The number of aliphatic imine (C=N–C) groups is 1. The van der Waals surface area contributed by atoms with E-state index in [2.05, 4.69) is 9.98 Å². The standard InChI is InChI=1S/C21H18FN3OS/c1-3-25-20(26)19(27-21(25)24-18-11-7-5-9-16(18)22)12-15-13(2)23-17-10-6-4-8-14(15)17/h4-12,26H,3H2,1-2H3/b15-12-,24-21?. The van der Waals surface area contributed by atoms with Crippen LogP contribution in [0.4, 0.5) is 15.8 Å². The Labute approximate surface area is 160 Å². The van der Waals surface area contributed by atoms with Gasteiger partial charge in [0.15, 0.2) is 4.80 Å². The molecule has 136 valence electrons. The van der Waals surface area contributed by atoms with Crippen LogP contribution in [0.25, 0.3) is 11.6 Å². The number of aromatic nitrogens is 1. The molecule has 3 aromatic rings. The summed E-state index contributed by atoms with van der Waals surface area (Å²) in [5.74, 6) is -0.261. The molecule has 0 spiro atoms. The smallest absolute Gasteiger partial charge is 0.211 e. The third-order valence-corrected chi connectivity index (χ3v) is 5.46. The number of nitrogens with zero attached hydrogens (tertiary/aromatic N) is 3. The summed E-state index contributed by atoms with van der Waals surface area (Å²) in [5.41, 5.74) is 4.10. The van der Waals surface area contributed by atoms with Crippen molar-refractivity contribution in [2.24, 2.45) is 9.98 Å². The number of halogens is 1. The lowest BCUT2D eigenvalue weighted by atomic mass is 10.0. The Hall–Kier alpha value is -2.99. The van der Waals surface area contributed by atoms with Crippen LogP contribution < -0.4 is 4.80 Å². The second-order valence-electron chi connectivity index (χ2n) is 6.15. The molecule has 1 aromatic heterocycles. The first-order valence-corrected chi connectivity index (χ1v) is 9.48. The second-order valence-corrected chi connectivity index (χ2v) is 7.16. The highest BCUT2D eigenvalue weighted by Gasteiger charge is 2.19. The fraction of sp³-hybridized carbons (Fsp3) is 0.143. The lowest BCUT2D eigenvalue weighted by Gasteiger charge is -2.02. The van der Waals surface area contributed by atoms with Crippen molar-refractivity contribution in [3.05, 3.63) is 69.6 Å². The third-order valence-electron chi connectivity index (χ3n) is 4.44. The number of thiazole rings is 1. The lowest BCUT2D eigenvalue weighted by Crippen LogP contribution is -2.12. The van der Waals surface area contributed by atoms with Crippen LogP contribution >= 0.6 is 11.3 Å². The molecule has 0 saturated heterocycles. The summed E-state index contributed by atoms with van der Waals surface area (Å²) in [6, 6.07) is 14.3. The molecule has 0 aliphatic carbocycles. The van der Waals surface area contributed by atoms with Gasteiger partial charge in [-0.2, -0.15) is 0 Å². The summed E-state index contributed by atoms with van der Waals surface area (Å²) >= 11 is 1.33. The van der Waals surface area contributed by atoms with Crippen molar-refractivity contribution in [1.29, 1.82) is 0 Å². The van der Waals surface area contributed by atoms with Gasteiger partial charge < -0.3 is 5.11 Å². The van der Waals surface area contributed by atoms with Gasteiger partial charge in [-0.15, -0.1) is 0 Å². The highest BCUT2D eigenvalue weighted by atomic mass is 32.1. The third kappa shape index (κ3) is 3.13. The van der Waals surface area contributed by atoms with Crippen molar-refractivity contribution in [3.63, 3.8) is 0 Å². The maximum absolute atomic E-state index is 14.0. The molecule has 0 saturated carbocycles. The second kappa shape index (κ2) is 6.96. The minimum absolute atomic E-state index is 0.127. The zero-order valence-electron chi connectivity index (χ0n) is 15.0. The van der Waals surface area contributed by atoms with E-state index < -0.39 is 0 Å². The van der Waals surface area contributed by atoms with Crippen LogP contribution in [-0.4, -0.2) is 15.4 Å². The Balaban J connectivity index is 1.86. The fourth-order valence-corrected chi connectivity index (χ4v) is 4.12. The van der Waals surface area contributed by atoms with Gasteiger partial charge in [-0.1, -0.05) is 41.7 Å². The summed E-state index contributed by atoms with van der Waals surface area (Å²) in [6.07, 6.45) is 1.93. The van der Waals surface area contributed by atoms with Crippen molar-refractivity contribution in [2.75, 3.05) is 0 Å². The maximum atomic E-state index is 14.0. The van der Waals surface area contributed by atoms with E-state index >= 15 is 0 Å². The molecule has 0 bridgehead atoms. The van der Waals surface area contributed by atoms with Crippen LogP contribution in [-0.2, 0) is 6.54 Å². The van der Waals surface area contributed by atoms with Crippen LogP contribution in [0.1, 0.15) is 24.3 Å². The van der Waals surface area contributed by atoms with E-state index in [1.54, 1.807) is 22.8 Å². The maximum Gasteiger partial charge on any atom is 0.211 e. The average Bonchev–Trinajstić information content (AvgIpc) is 3.14. The number of fused-ring (bicyclic) bond motifs is 1. The molecule has 1 aliphatic rings. The van der Waals surface area contributed by atoms with E-state index in [0.29, 0.717) is 16.2 Å². The summed E-state index contributed by atoms with van der Waals surface area (Å²) < 4.78 is 15.7. The topological polar surface area (TPSA) is 49.9 Å². The van der Waals surface area contributed by atoms with Crippen LogP contribution in [0.3, 0.4) is 0 Å². The van der Waals surface area contributed by atoms with Crippen molar-refractivity contribution in [3.8, 4) is 5.88 Å². The van der Waals surface area contributed by atoms with Crippen LogP contribution in [0.5, 0.6) is 5.88 Å². The molecule has 0 amide bonds. The molecule has 2 heterocycles. The minimum atomic E-state index is -0.388. The van der Waals surface area contributed by atoms with E-state index in [-0.39, 0.29) is 17.4 Å². The Morgan fingerprint density at radius 2 is 1.93 bits per heavy atom. The molecule has 0 atom stereocenters. The Morgan fingerprint density at radius 1 is 1.19 bits per heavy atom. The van der Waals surface area contributed by atoms with Gasteiger partial charge in [-0.25, -0.2) is 9.38 Å². The largest absolute Gasteiger partial charge is 0.493 e. The first-order valence-electron chi connectivity index (χ1n) is 8.67. The van der Waals surface area contributed by atoms with Crippen LogP contribution in [0, 0.1) is 5.82 Å². The van der Waals surface area contributed by atoms with Gasteiger partial charge in [-0.3, -0.25) is 9.56 Å². The van der Waals surface area contributed by atoms with Gasteiger partial charge in [0.2, 0.25) is 5.88 Å². The molecule has 6 heteroatoms. The van der Waals surface area contributed by atoms with Gasteiger partial charge in [-0.05, 0) is 38.1 Å². The summed E-state index contributed by atoms with van der Waals surface area (Å²) in [6.45, 7) is 4.40. The molecule has 0 unspecified atom stereocenters. The summed E-state index contributed by atoms with van der Waals surface area (Å²) in [4.78, 5) is 10.2. The molecule has 1 aliphatic heterocycles. The van der Waals surface area contributed by atoms with E-state index in [9.17, 15) is 9.50 Å². The van der Waals surface area contributed by atoms with E-state index in [1.807, 2.05) is 44.2 Å². The predicted octanol–water partition coefficient (Wildman–Crippen LogP) is 5.29. The summed E-state index contributed by atoms with van der Waals surface area (Å²) in [7, 11) is 0. The number of aromatic hydroxyl groups is 1. The van der Waals surface area contributed by atoms with E-state index in [1.165, 1.54) is 17.4 Å². The molecule has 1 N–H and O–H groups in total. The van der Waals surface area contributed by atoms with Crippen molar-refractivity contribution in [1.82, 2.24) is 4.57 Å². The van der Waals surface area contributed by atoms with E-state index in [0.717, 1.165) is 22.5 Å². The normalized spacial score (nSPS) is 15.3. The predicted molar refractivity (Wildman–Crippen MR) is 108 cm³/mol. The molecule has 4 nitrogen and oxygen atoms in total. The number of para-hydroxylation sites is 2. The van der Waals surface area contributed by atoms with Gasteiger partial charge in [0.05, 0.1) is 10.6 Å². The zero-order chi connectivity index (χ0) is 19.0. The number of hydrogen-bond acceptors (Lipinski definition) is 4. The molecule has 27 heavy (non-hydrogen) atoms. The summed E-state index contributed by atoms with van der Waals surface area (Å²) in [5, 5.41) is 10.7. The number of hydrogen-bond donors (Lipinski definition) is 1. The quantitative estimate of drug-likeness (QED) is 0.660. The number of benzene rings is 2.